The molecule has 1 atom stereocenters. The van der Waals surface area contributed by atoms with E-state index < -0.39 is 11.9 Å². The first-order chi connectivity index (χ1) is 8.99. The summed E-state index contributed by atoms with van der Waals surface area (Å²) in [6.07, 6.45) is 5.32. The van der Waals surface area contributed by atoms with Crippen molar-refractivity contribution in [3.63, 3.8) is 0 Å². The maximum Gasteiger partial charge on any atom is 0.308 e. The van der Waals surface area contributed by atoms with Crippen LogP contribution in [-0.4, -0.2) is 31.3 Å². The number of halogens is 1. The van der Waals surface area contributed by atoms with E-state index in [2.05, 4.69) is 5.92 Å². The molecule has 0 spiro atoms. The van der Waals surface area contributed by atoms with Crippen LogP contribution in [0.25, 0.3) is 0 Å². The van der Waals surface area contributed by atoms with Crippen LogP contribution in [0.15, 0.2) is 18.2 Å². The second-order valence-corrected chi connectivity index (χ2v) is 4.55. The molecular weight excluding hydrogens is 266 g/mol. The zero-order chi connectivity index (χ0) is 14.4. The number of aliphatic carboxylic acids is 1. The second-order valence-electron chi connectivity index (χ2n) is 4.14. The summed E-state index contributed by atoms with van der Waals surface area (Å²) in [5.74, 6) is 1.71. The smallest absolute Gasteiger partial charge is 0.308 e. The maximum atomic E-state index is 10.9. The molecule has 0 radical (unpaired) electrons. The topological polar surface area (TPSA) is 49.8 Å². The molecule has 0 saturated heterocycles. The third-order valence-electron chi connectivity index (χ3n) is 2.70. The molecule has 1 aromatic rings. The molecule has 0 saturated carbocycles. The lowest BCUT2D eigenvalue weighted by atomic mass is 10.1. The number of hydrogen-bond donors (Lipinski definition) is 1. The highest BCUT2D eigenvalue weighted by molar-refractivity contribution is 6.32. The molecule has 1 unspecified atom stereocenters. The molecule has 0 amide bonds. The average molecular weight is 282 g/mol. The fourth-order valence-electron chi connectivity index (χ4n) is 1.63. The van der Waals surface area contributed by atoms with Crippen LogP contribution in [0.2, 0.25) is 5.02 Å². The van der Waals surface area contributed by atoms with E-state index in [1.807, 2.05) is 0 Å². The van der Waals surface area contributed by atoms with Crippen molar-refractivity contribution in [2.75, 3.05) is 25.1 Å². The van der Waals surface area contributed by atoms with E-state index in [9.17, 15) is 4.79 Å². The van der Waals surface area contributed by atoms with Crippen LogP contribution in [0.3, 0.4) is 0 Å². The Morgan fingerprint density at radius 2 is 2.32 bits per heavy atom. The predicted octanol–water partition coefficient (Wildman–Crippen LogP) is 2.51. The van der Waals surface area contributed by atoms with Gasteiger partial charge in [-0.3, -0.25) is 4.79 Å². The summed E-state index contributed by atoms with van der Waals surface area (Å²) in [5, 5.41) is 9.42. The number of benzene rings is 1. The molecule has 1 N–H and O–H groups in total. The van der Waals surface area contributed by atoms with E-state index in [1.165, 1.54) is 7.11 Å². The minimum absolute atomic E-state index is 0.320. The summed E-state index contributed by atoms with van der Waals surface area (Å²) in [6, 6.07) is 5.25. The molecular formula is C14H16ClNO3. The van der Waals surface area contributed by atoms with Crippen LogP contribution in [0.1, 0.15) is 6.92 Å². The van der Waals surface area contributed by atoms with Crippen molar-refractivity contribution in [2.24, 2.45) is 5.92 Å². The molecule has 0 bridgehead atoms. The van der Waals surface area contributed by atoms with Gasteiger partial charge in [0.1, 0.15) is 5.75 Å². The number of ether oxygens (including phenoxy) is 1. The Balaban J connectivity index is 2.96. The zero-order valence-corrected chi connectivity index (χ0v) is 11.6. The van der Waals surface area contributed by atoms with Crippen molar-refractivity contribution in [3.8, 4) is 18.1 Å². The summed E-state index contributed by atoms with van der Waals surface area (Å²) in [7, 11) is 1.53. The number of anilines is 1. The van der Waals surface area contributed by atoms with Gasteiger partial charge < -0.3 is 14.7 Å². The predicted molar refractivity (Wildman–Crippen MR) is 75.8 cm³/mol. The number of carboxylic acids is 1. The van der Waals surface area contributed by atoms with Crippen molar-refractivity contribution in [1.82, 2.24) is 0 Å². The highest BCUT2D eigenvalue weighted by atomic mass is 35.5. The van der Waals surface area contributed by atoms with Crippen LogP contribution in [0.4, 0.5) is 5.69 Å². The van der Waals surface area contributed by atoms with Crippen molar-refractivity contribution >= 4 is 23.3 Å². The summed E-state index contributed by atoms with van der Waals surface area (Å²) in [5.41, 5.74) is 0.775. The van der Waals surface area contributed by atoms with Gasteiger partial charge in [0.05, 0.1) is 24.6 Å². The fourth-order valence-corrected chi connectivity index (χ4v) is 1.88. The van der Waals surface area contributed by atoms with Crippen molar-refractivity contribution in [1.29, 1.82) is 0 Å². The lowest BCUT2D eigenvalue weighted by Crippen LogP contribution is -2.32. The molecule has 0 aliphatic carbocycles. The number of carboxylic acid groups (broad SMARTS) is 1. The largest absolute Gasteiger partial charge is 0.495 e. The normalized spacial score (nSPS) is 11.5. The first kappa shape index (κ1) is 15.2. The molecule has 0 aliphatic rings. The zero-order valence-electron chi connectivity index (χ0n) is 10.9. The van der Waals surface area contributed by atoms with Crippen LogP contribution in [0, 0.1) is 18.3 Å². The number of carbonyl (C=O) groups is 1. The minimum Gasteiger partial charge on any atom is -0.495 e. The molecule has 0 fully saturated rings. The van der Waals surface area contributed by atoms with Crippen molar-refractivity contribution in [2.45, 2.75) is 6.92 Å². The Morgan fingerprint density at radius 3 is 2.79 bits per heavy atom. The second kappa shape index (κ2) is 6.91. The minimum atomic E-state index is -0.860. The van der Waals surface area contributed by atoms with Gasteiger partial charge in [0.15, 0.2) is 0 Å². The van der Waals surface area contributed by atoms with Crippen molar-refractivity contribution < 1.29 is 14.6 Å². The van der Waals surface area contributed by atoms with E-state index in [0.29, 0.717) is 23.9 Å². The van der Waals surface area contributed by atoms with E-state index in [0.717, 1.165) is 5.69 Å². The van der Waals surface area contributed by atoms with Gasteiger partial charge in [-0.05, 0) is 18.2 Å². The Labute approximate surface area is 117 Å². The van der Waals surface area contributed by atoms with E-state index >= 15 is 0 Å². The third kappa shape index (κ3) is 4.08. The van der Waals surface area contributed by atoms with Gasteiger partial charge in [-0.15, -0.1) is 6.42 Å². The molecule has 102 valence electrons. The highest BCUT2D eigenvalue weighted by Gasteiger charge is 2.17. The lowest BCUT2D eigenvalue weighted by molar-refractivity contribution is -0.140. The molecule has 19 heavy (non-hydrogen) atoms. The molecule has 0 aliphatic heterocycles. The molecule has 0 aromatic heterocycles. The summed E-state index contributed by atoms with van der Waals surface area (Å²) < 4.78 is 5.07. The number of hydrogen-bond acceptors (Lipinski definition) is 3. The quantitative estimate of drug-likeness (QED) is 0.814. The maximum absolute atomic E-state index is 10.9. The van der Waals surface area contributed by atoms with Gasteiger partial charge in [-0.25, -0.2) is 0 Å². The number of methoxy groups -OCH3 is 1. The molecule has 0 heterocycles. The monoisotopic (exact) mass is 281 g/mol. The number of rotatable bonds is 6. The fraction of sp³-hybridized carbons (Fsp3) is 0.357. The Morgan fingerprint density at radius 1 is 1.63 bits per heavy atom. The Kier molecular flexibility index (Phi) is 5.53. The van der Waals surface area contributed by atoms with Crippen LogP contribution >= 0.6 is 11.6 Å². The molecule has 5 heteroatoms. The lowest BCUT2D eigenvalue weighted by Gasteiger charge is -2.24. The Bertz CT molecular complexity index is 496. The number of terminal acetylenes is 1. The Hall–Kier alpha value is -1.86. The van der Waals surface area contributed by atoms with Crippen molar-refractivity contribution in [3.05, 3.63) is 23.2 Å². The van der Waals surface area contributed by atoms with Crippen LogP contribution in [0.5, 0.6) is 5.75 Å². The van der Waals surface area contributed by atoms with Gasteiger partial charge in [-0.1, -0.05) is 24.4 Å². The van der Waals surface area contributed by atoms with E-state index in [1.54, 1.807) is 30.0 Å². The van der Waals surface area contributed by atoms with E-state index in [-0.39, 0.29) is 0 Å². The van der Waals surface area contributed by atoms with E-state index in [4.69, 9.17) is 27.9 Å². The first-order valence-corrected chi connectivity index (χ1v) is 6.12. The summed E-state index contributed by atoms with van der Waals surface area (Å²) in [4.78, 5) is 12.7. The number of nitrogens with zero attached hydrogens (tertiary/aromatic N) is 1. The first-order valence-electron chi connectivity index (χ1n) is 5.74. The van der Waals surface area contributed by atoms with Gasteiger partial charge >= 0.3 is 5.97 Å². The van der Waals surface area contributed by atoms with Crippen LogP contribution < -0.4 is 9.64 Å². The van der Waals surface area contributed by atoms with Gasteiger partial charge in [0.2, 0.25) is 0 Å². The standard InChI is InChI=1S/C14H16ClNO3/c1-4-7-16(9-10(2)14(17)18)11-5-6-13(19-3)12(15)8-11/h1,5-6,8,10H,7,9H2,2-3H3,(H,17,18). The summed E-state index contributed by atoms with van der Waals surface area (Å²) in [6.45, 7) is 2.28. The molecule has 4 nitrogen and oxygen atoms in total. The molecule has 1 aromatic carbocycles. The van der Waals surface area contributed by atoms with Gasteiger partial charge in [-0.2, -0.15) is 0 Å². The van der Waals surface area contributed by atoms with Gasteiger partial charge in [0.25, 0.3) is 0 Å². The third-order valence-corrected chi connectivity index (χ3v) is 2.99. The molecule has 1 rings (SSSR count). The summed E-state index contributed by atoms with van der Waals surface area (Å²) >= 11 is 6.05. The van der Waals surface area contributed by atoms with Crippen LogP contribution in [-0.2, 0) is 4.79 Å². The average Bonchev–Trinajstić information content (AvgIpc) is 2.37. The SMILES string of the molecule is C#CCN(CC(C)C(=O)O)c1ccc(OC)c(Cl)c1. The highest BCUT2D eigenvalue weighted by Crippen LogP contribution is 2.29. The van der Waals surface area contributed by atoms with Gasteiger partial charge in [0, 0.05) is 12.2 Å².